The maximum Gasteiger partial charge on any atom is 0.319 e. The van der Waals surface area contributed by atoms with Gasteiger partial charge >= 0.3 is 6.03 Å². The first kappa shape index (κ1) is 14.6. The Morgan fingerprint density at radius 3 is 2.50 bits per heavy atom. The molecule has 0 aliphatic heterocycles. The lowest BCUT2D eigenvalue weighted by Gasteiger charge is -2.42. The van der Waals surface area contributed by atoms with Gasteiger partial charge in [0.15, 0.2) is 0 Å². The monoisotopic (exact) mass is 298 g/mol. The molecule has 4 heteroatoms. The van der Waals surface area contributed by atoms with Crippen LogP contribution in [0, 0.1) is 5.82 Å². The maximum absolute atomic E-state index is 13.1. The zero-order valence-corrected chi connectivity index (χ0v) is 12.3. The third kappa shape index (κ3) is 3.11. The Hall–Kier alpha value is -2.36. The highest BCUT2D eigenvalue weighted by molar-refractivity contribution is 5.89. The van der Waals surface area contributed by atoms with Crippen LogP contribution in [0.5, 0.6) is 0 Å². The Labute approximate surface area is 129 Å². The molecule has 0 radical (unpaired) electrons. The van der Waals surface area contributed by atoms with Gasteiger partial charge in [-0.15, -0.1) is 0 Å². The summed E-state index contributed by atoms with van der Waals surface area (Å²) >= 11 is 0. The molecular weight excluding hydrogens is 279 g/mol. The Kier molecular flexibility index (Phi) is 4.09. The topological polar surface area (TPSA) is 41.1 Å². The molecule has 0 saturated heterocycles. The van der Waals surface area contributed by atoms with E-state index in [1.165, 1.54) is 24.1 Å². The highest BCUT2D eigenvalue weighted by Gasteiger charge is 2.38. The summed E-state index contributed by atoms with van der Waals surface area (Å²) < 4.78 is 13.1. The van der Waals surface area contributed by atoms with Crippen LogP contribution in [0.1, 0.15) is 24.8 Å². The molecule has 2 N–H and O–H groups in total. The average Bonchev–Trinajstić information content (AvgIpc) is 2.47. The van der Waals surface area contributed by atoms with Crippen molar-refractivity contribution in [2.24, 2.45) is 0 Å². The van der Waals surface area contributed by atoms with E-state index in [0.717, 1.165) is 12.8 Å². The van der Waals surface area contributed by atoms with Gasteiger partial charge in [-0.25, -0.2) is 9.18 Å². The van der Waals surface area contributed by atoms with Crippen molar-refractivity contribution < 1.29 is 9.18 Å². The van der Waals surface area contributed by atoms with E-state index in [0.29, 0.717) is 12.2 Å². The van der Waals surface area contributed by atoms with Crippen molar-refractivity contribution in [2.75, 3.05) is 11.9 Å². The molecule has 0 heterocycles. The van der Waals surface area contributed by atoms with Gasteiger partial charge in [-0.2, -0.15) is 0 Å². The summed E-state index contributed by atoms with van der Waals surface area (Å²) in [6.07, 6.45) is 3.34. The quantitative estimate of drug-likeness (QED) is 0.877. The highest BCUT2D eigenvalue weighted by atomic mass is 19.1. The van der Waals surface area contributed by atoms with Crippen molar-refractivity contribution >= 4 is 11.7 Å². The third-order valence-corrected chi connectivity index (χ3v) is 4.37. The molecule has 0 bridgehead atoms. The minimum Gasteiger partial charge on any atom is -0.337 e. The van der Waals surface area contributed by atoms with Gasteiger partial charge in [0.2, 0.25) is 0 Å². The van der Waals surface area contributed by atoms with E-state index in [2.05, 4.69) is 22.8 Å². The van der Waals surface area contributed by atoms with Crippen molar-refractivity contribution in [2.45, 2.75) is 24.7 Å². The molecule has 2 aromatic carbocycles. The molecule has 1 aliphatic rings. The standard InChI is InChI=1S/C18H19FN2O/c19-15-8-4-9-16(12-15)21-17(22)20-13-18(10-5-11-18)14-6-2-1-3-7-14/h1-4,6-9,12H,5,10-11,13H2,(H2,20,21,22). The summed E-state index contributed by atoms with van der Waals surface area (Å²) in [5.74, 6) is -0.363. The van der Waals surface area contributed by atoms with Crippen molar-refractivity contribution in [3.8, 4) is 0 Å². The molecule has 1 aliphatic carbocycles. The van der Waals surface area contributed by atoms with Crippen LogP contribution in [-0.4, -0.2) is 12.6 Å². The molecule has 22 heavy (non-hydrogen) atoms. The first-order chi connectivity index (χ1) is 10.7. The molecule has 0 unspecified atom stereocenters. The normalized spacial score (nSPS) is 15.7. The molecule has 114 valence electrons. The average molecular weight is 298 g/mol. The minimum absolute atomic E-state index is 0.0422. The summed E-state index contributed by atoms with van der Waals surface area (Å²) in [6.45, 7) is 0.595. The maximum atomic E-state index is 13.1. The van der Waals surface area contributed by atoms with Crippen LogP contribution in [0.4, 0.5) is 14.9 Å². The van der Waals surface area contributed by atoms with E-state index in [1.54, 1.807) is 12.1 Å². The number of rotatable bonds is 4. The predicted octanol–water partition coefficient (Wildman–Crippen LogP) is 4.07. The Bertz CT molecular complexity index is 653. The van der Waals surface area contributed by atoms with Crippen molar-refractivity contribution in [1.29, 1.82) is 0 Å². The zero-order valence-electron chi connectivity index (χ0n) is 12.3. The number of amides is 2. The Morgan fingerprint density at radius 1 is 1.09 bits per heavy atom. The molecule has 1 fully saturated rings. The van der Waals surface area contributed by atoms with E-state index in [1.807, 2.05) is 18.2 Å². The Morgan fingerprint density at radius 2 is 1.86 bits per heavy atom. The van der Waals surface area contributed by atoms with Crippen molar-refractivity contribution in [1.82, 2.24) is 5.32 Å². The minimum atomic E-state index is -0.363. The molecule has 0 spiro atoms. The summed E-state index contributed by atoms with van der Waals surface area (Å²) in [6, 6.07) is 15.9. The van der Waals surface area contributed by atoms with Gasteiger partial charge in [-0.1, -0.05) is 42.8 Å². The van der Waals surface area contributed by atoms with Crippen LogP contribution < -0.4 is 10.6 Å². The number of carbonyl (C=O) groups is 1. The fraction of sp³-hybridized carbons (Fsp3) is 0.278. The van der Waals surface area contributed by atoms with Gasteiger partial charge in [0.25, 0.3) is 0 Å². The number of anilines is 1. The molecule has 3 nitrogen and oxygen atoms in total. The van der Waals surface area contributed by atoms with Gasteiger partial charge in [0, 0.05) is 17.6 Å². The summed E-state index contributed by atoms with van der Waals surface area (Å²) in [5.41, 5.74) is 1.77. The highest BCUT2D eigenvalue weighted by Crippen LogP contribution is 2.43. The molecular formula is C18H19FN2O. The number of carbonyl (C=O) groups excluding carboxylic acids is 1. The lowest BCUT2D eigenvalue weighted by atomic mass is 9.64. The van der Waals surface area contributed by atoms with Gasteiger partial charge in [-0.05, 0) is 36.6 Å². The third-order valence-electron chi connectivity index (χ3n) is 4.37. The number of benzene rings is 2. The van der Waals surface area contributed by atoms with E-state index in [4.69, 9.17) is 0 Å². The fourth-order valence-corrected chi connectivity index (χ4v) is 2.95. The number of nitrogens with one attached hydrogen (secondary N) is 2. The van der Waals surface area contributed by atoms with Crippen molar-refractivity contribution in [3.63, 3.8) is 0 Å². The largest absolute Gasteiger partial charge is 0.337 e. The van der Waals surface area contributed by atoms with E-state index in [-0.39, 0.29) is 17.3 Å². The molecule has 3 rings (SSSR count). The second-order valence-electron chi connectivity index (χ2n) is 5.82. The Balaban J connectivity index is 1.60. The van der Waals surface area contributed by atoms with Crippen LogP contribution in [0.2, 0.25) is 0 Å². The lowest BCUT2D eigenvalue weighted by Crippen LogP contribution is -2.46. The molecule has 0 aromatic heterocycles. The number of urea groups is 1. The smallest absolute Gasteiger partial charge is 0.319 e. The second-order valence-corrected chi connectivity index (χ2v) is 5.82. The molecule has 1 saturated carbocycles. The molecule has 0 atom stereocenters. The van der Waals surface area contributed by atoms with E-state index in [9.17, 15) is 9.18 Å². The zero-order chi connectivity index (χ0) is 15.4. The number of halogens is 1. The first-order valence-corrected chi connectivity index (χ1v) is 7.54. The van der Waals surface area contributed by atoms with Gasteiger partial charge in [0.1, 0.15) is 5.82 Å². The summed E-state index contributed by atoms with van der Waals surface area (Å²) in [7, 11) is 0. The van der Waals surface area contributed by atoms with Crippen LogP contribution in [0.25, 0.3) is 0 Å². The predicted molar refractivity (Wildman–Crippen MR) is 85.4 cm³/mol. The van der Waals surface area contributed by atoms with Crippen molar-refractivity contribution in [3.05, 3.63) is 66.0 Å². The van der Waals surface area contributed by atoms with Crippen LogP contribution >= 0.6 is 0 Å². The second kappa shape index (κ2) is 6.18. The molecule has 2 aromatic rings. The van der Waals surface area contributed by atoms with Gasteiger partial charge in [-0.3, -0.25) is 0 Å². The van der Waals surface area contributed by atoms with Crippen LogP contribution in [0.3, 0.4) is 0 Å². The van der Waals surface area contributed by atoms with Crippen LogP contribution in [-0.2, 0) is 5.41 Å². The van der Waals surface area contributed by atoms with Gasteiger partial charge in [0.05, 0.1) is 0 Å². The van der Waals surface area contributed by atoms with Crippen LogP contribution in [0.15, 0.2) is 54.6 Å². The lowest BCUT2D eigenvalue weighted by molar-refractivity contribution is 0.222. The summed E-state index contributed by atoms with van der Waals surface area (Å²) in [5, 5.41) is 5.58. The fourth-order valence-electron chi connectivity index (χ4n) is 2.95. The number of hydrogen-bond donors (Lipinski definition) is 2. The van der Waals surface area contributed by atoms with E-state index >= 15 is 0 Å². The van der Waals surface area contributed by atoms with E-state index < -0.39 is 0 Å². The first-order valence-electron chi connectivity index (χ1n) is 7.54. The number of hydrogen-bond acceptors (Lipinski definition) is 1. The SMILES string of the molecule is O=C(NCC1(c2ccccc2)CCC1)Nc1cccc(F)c1. The van der Waals surface area contributed by atoms with Gasteiger partial charge < -0.3 is 10.6 Å². The summed E-state index contributed by atoms with van der Waals surface area (Å²) in [4.78, 5) is 12.0. The molecule has 2 amide bonds.